The number of aryl methyl sites for hydroxylation is 1. The number of anilines is 1. The SMILES string of the molecule is CN1[C@@H]2CC[C@H]1[C@H](F)[C@H](Nc1cccc3c(CC(F)(F)F)c(-c4noc(CNC(=O)c5cn(C)nc5OCC(C)(C)O)n4)sc13)C2. The van der Waals surface area contributed by atoms with Crippen LogP contribution in [0.2, 0.25) is 0 Å². The van der Waals surface area contributed by atoms with Crippen LogP contribution in [0, 0.1) is 0 Å². The molecule has 0 aliphatic carbocycles. The van der Waals surface area contributed by atoms with Gasteiger partial charge in [0.2, 0.25) is 17.6 Å². The molecule has 2 aliphatic rings. The number of aliphatic hydroxyl groups is 1. The summed E-state index contributed by atoms with van der Waals surface area (Å²) in [6.07, 6.45) is -3.10. The number of aromatic nitrogens is 4. The second-order valence-electron chi connectivity index (χ2n) is 12.6. The molecule has 3 N–H and O–H groups in total. The summed E-state index contributed by atoms with van der Waals surface area (Å²) in [7, 11) is 3.55. The summed E-state index contributed by atoms with van der Waals surface area (Å²) in [5.41, 5.74) is -0.487. The smallest absolute Gasteiger partial charge is 0.393 e. The summed E-state index contributed by atoms with van der Waals surface area (Å²) >= 11 is 1.08. The maximum atomic E-state index is 15.5. The Balaban J connectivity index is 1.24. The first-order valence-corrected chi connectivity index (χ1v) is 15.7. The molecule has 2 saturated heterocycles. The van der Waals surface area contributed by atoms with Crippen LogP contribution in [0.1, 0.15) is 54.9 Å². The fraction of sp³-hybridized carbons (Fsp3) is 0.533. The van der Waals surface area contributed by atoms with E-state index in [1.807, 2.05) is 7.05 Å². The molecule has 0 saturated carbocycles. The van der Waals surface area contributed by atoms with Crippen molar-refractivity contribution in [3.8, 4) is 16.6 Å². The van der Waals surface area contributed by atoms with Crippen LogP contribution in [-0.2, 0) is 20.0 Å². The minimum absolute atomic E-state index is 0.00302. The van der Waals surface area contributed by atoms with Crippen molar-refractivity contribution in [2.75, 3.05) is 19.0 Å². The van der Waals surface area contributed by atoms with Crippen molar-refractivity contribution < 1.29 is 36.7 Å². The predicted octanol–water partition coefficient (Wildman–Crippen LogP) is 4.85. The zero-order valence-electron chi connectivity index (χ0n) is 25.7. The fourth-order valence-electron chi connectivity index (χ4n) is 6.22. The molecule has 248 valence electrons. The van der Waals surface area contributed by atoms with Crippen molar-refractivity contribution in [1.29, 1.82) is 0 Å². The van der Waals surface area contributed by atoms with Gasteiger partial charge in [0.25, 0.3) is 5.91 Å². The summed E-state index contributed by atoms with van der Waals surface area (Å²) in [5.74, 6) is -0.622. The Morgan fingerprint density at radius 3 is 2.76 bits per heavy atom. The van der Waals surface area contributed by atoms with Crippen molar-refractivity contribution >= 4 is 33.0 Å². The van der Waals surface area contributed by atoms with Crippen LogP contribution in [0.15, 0.2) is 28.9 Å². The molecule has 16 heteroatoms. The van der Waals surface area contributed by atoms with E-state index in [9.17, 15) is 23.1 Å². The van der Waals surface area contributed by atoms with E-state index >= 15 is 4.39 Å². The highest BCUT2D eigenvalue weighted by molar-refractivity contribution is 7.23. The lowest BCUT2D eigenvalue weighted by atomic mass is 9.95. The quantitative estimate of drug-likeness (QED) is 0.204. The lowest BCUT2D eigenvalue weighted by molar-refractivity contribution is -0.126. The minimum Gasteiger partial charge on any atom is -0.473 e. The maximum Gasteiger partial charge on any atom is 0.393 e. The van der Waals surface area contributed by atoms with Crippen LogP contribution >= 0.6 is 11.3 Å². The Hall–Kier alpha value is -3.76. The second-order valence-corrected chi connectivity index (χ2v) is 13.6. The topological polar surface area (TPSA) is 131 Å². The van der Waals surface area contributed by atoms with Crippen LogP contribution in [0.4, 0.5) is 23.2 Å². The first-order valence-electron chi connectivity index (χ1n) is 14.9. The van der Waals surface area contributed by atoms with E-state index in [0.717, 1.165) is 24.2 Å². The molecule has 1 aromatic carbocycles. The number of benzene rings is 1. The van der Waals surface area contributed by atoms with Crippen LogP contribution < -0.4 is 15.4 Å². The summed E-state index contributed by atoms with van der Waals surface area (Å²) in [4.78, 5) is 19.5. The number of carbonyl (C=O) groups is 1. The molecule has 3 aromatic heterocycles. The van der Waals surface area contributed by atoms with Gasteiger partial charge in [0.1, 0.15) is 18.3 Å². The van der Waals surface area contributed by atoms with E-state index in [4.69, 9.17) is 9.26 Å². The highest BCUT2D eigenvalue weighted by Crippen LogP contribution is 2.45. The summed E-state index contributed by atoms with van der Waals surface area (Å²) in [6.45, 7) is 2.79. The number of alkyl halides is 4. The average Bonchev–Trinajstić information content (AvgIpc) is 3.73. The van der Waals surface area contributed by atoms with Gasteiger partial charge in [0.05, 0.1) is 39.9 Å². The summed E-state index contributed by atoms with van der Waals surface area (Å²) in [6, 6.07) is 4.64. The Morgan fingerprint density at radius 2 is 2.02 bits per heavy atom. The normalized spacial score (nSPS) is 22.0. The summed E-state index contributed by atoms with van der Waals surface area (Å²) < 4.78 is 69.7. The molecule has 4 aromatic rings. The predicted molar refractivity (Wildman–Crippen MR) is 163 cm³/mol. The number of amides is 1. The lowest BCUT2D eigenvalue weighted by Crippen LogP contribution is -2.53. The van der Waals surface area contributed by atoms with Crippen LogP contribution in [0.5, 0.6) is 5.88 Å². The molecule has 6 rings (SSSR count). The van der Waals surface area contributed by atoms with Gasteiger partial charge >= 0.3 is 6.18 Å². The second kappa shape index (κ2) is 12.1. The summed E-state index contributed by atoms with van der Waals surface area (Å²) in [5, 5.41) is 24.3. The number of fused-ring (bicyclic) bond motifs is 3. The number of rotatable bonds is 10. The standard InChI is InChI=1S/C30H35F4N7O4S/c1-29(2,43)14-44-28-18(13-40(3)38-28)27(42)35-12-22-37-26(39-45-22)25-17(11-30(32,33)34)16-6-5-7-19(24(16)46-25)36-20-10-15-8-9-21(23(20)31)41(15)4/h5-7,13,15,20-21,23,36,43H,8-12,14H2,1-4H3,(H,35,42)/t15-,20-,21+,23-/m1/s1. The average molecular weight is 666 g/mol. The highest BCUT2D eigenvalue weighted by atomic mass is 32.1. The third-order valence-electron chi connectivity index (χ3n) is 8.38. The van der Waals surface area contributed by atoms with Gasteiger partial charge in [-0.05, 0) is 57.2 Å². The largest absolute Gasteiger partial charge is 0.473 e. The van der Waals surface area contributed by atoms with E-state index in [1.54, 1.807) is 39.1 Å². The van der Waals surface area contributed by atoms with Crippen molar-refractivity contribution in [2.24, 2.45) is 7.05 Å². The molecular formula is C30H35F4N7O4S. The van der Waals surface area contributed by atoms with Crippen molar-refractivity contribution in [3.05, 3.63) is 41.4 Å². The molecule has 5 heterocycles. The Kier molecular flexibility index (Phi) is 8.48. The van der Waals surface area contributed by atoms with E-state index in [-0.39, 0.29) is 58.8 Å². The number of hydrogen-bond donors (Lipinski definition) is 3. The van der Waals surface area contributed by atoms with Crippen LogP contribution in [0.25, 0.3) is 20.8 Å². The van der Waals surface area contributed by atoms with Gasteiger partial charge in [-0.2, -0.15) is 18.2 Å². The Labute approximate surface area is 265 Å². The van der Waals surface area contributed by atoms with Gasteiger partial charge in [-0.25, -0.2) is 4.39 Å². The Morgan fingerprint density at radius 1 is 1.24 bits per heavy atom. The molecule has 0 radical (unpaired) electrons. The molecule has 1 amide bonds. The van der Waals surface area contributed by atoms with Gasteiger partial charge in [0, 0.05) is 25.3 Å². The number of carbonyl (C=O) groups excluding carboxylic acids is 1. The molecule has 4 atom stereocenters. The van der Waals surface area contributed by atoms with E-state index in [0.29, 0.717) is 22.2 Å². The number of thiophene rings is 1. The van der Waals surface area contributed by atoms with Gasteiger partial charge in [-0.15, -0.1) is 16.4 Å². The van der Waals surface area contributed by atoms with E-state index < -0.39 is 36.3 Å². The third-order valence-corrected chi connectivity index (χ3v) is 9.66. The van der Waals surface area contributed by atoms with Gasteiger partial charge in [0.15, 0.2) is 0 Å². The van der Waals surface area contributed by atoms with Crippen molar-refractivity contribution in [2.45, 2.75) is 82.2 Å². The minimum atomic E-state index is -4.52. The number of ether oxygens (including phenoxy) is 1. The van der Waals surface area contributed by atoms with Gasteiger partial charge in [-0.3, -0.25) is 14.4 Å². The maximum absolute atomic E-state index is 15.5. The van der Waals surface area contributed by atoms with Gasteiger partial charge < -0.3 is 25.0 Å². The third kappa shape index (κ3) is 6.69. The van der Waals surface area contributed by atoms with Crippen molar-refractivity contribution in [1.82, 2.24) is 30.1 Å². The molecule has 2 bridgehead atoms. The number of halogens is 4. The van der Waals surface area contributed by atoms with Gasteiger partial charge in [-0.1, -0.05) is 17.3 Å². The zero-order chi connectivity index (χ0) is 33.0. The first-order chi connectivity index (χ1) is 21.7. The van der Waals surface area contributed by atoms with Crippen LogP contribution in [0.3, 0.4) is 0 Å². The number of nitrogens with one attached hydrogen (secondary N) is 2. The molecule has 2 aliphatic heterocycles. The molecule has 46 heavy (non-hydrogen) atoms. The molecular weight excluding hydrogens is 630 g/mol. The fourth-order valence-corrected chi connectivity index (χ4v) is 7.45. The molecule has 0 unspecified atom stereocenters. The zero-order valence-corrected chi connectivity index (χ0v) is 26.5. The number of hydrogen-bond acceptors (Lipinski definition) is 10. The number of piperidine rings is 1. The van der Waals surface area contributed by atoms with Crippen LogP contribution in [-0.4, -0.2) is 85.6 Å². The highest BCUT2D eigenvalue weighted by Gasteiger charge is 2.46. The monoisotopic (exact) mass is 665 g/mol. The lowest BCUT2D eigenvalue weighted by Gasteiger charge is -2.39. The molecule has 0 spiro atoms. The van der Waals surface area contributed by atoms with E-state index in [2.05, 4.69) is 30.8 Å². The first kappa shape index (κ1) is 32.2. The Bertz CT molecular complexity index is 1730. The molecule has 11 nitrogen and oxygen atoms in total. The number of nitrogens with zero attached hydrogens (tertiary/aromatic N) is 5. The molecule has 2 fully saturated rings. The van der Waals surface area contributed by atoms with E-state index in [1.165, 1.54) is 10.9 Å². The van der Waals surface area contributed by atoms with Crippen molar-refractivity contribution in [3.63, 3.8) is 0 Å².